The fraction of sp³-hybridized carbons (Fsp3) is 0.296. The summed E-state index contributed by atoms with van der Waals surface area (Å²) in [6.45, 7) is -0.0413. The number of hydrogen-bond acceptors (Lipinski definition) is 7. The molecule has 9 nitrogen and oxygen atoms in total. The fourth-order valence-corrected chi connectivity index (χ4v) is 7.05. The number of amides is 3. The van der Waals surface area contributed by atoms with Crippen LogP contribution in [0.25, 0.3) is 0 Å². The predicted octanol–water partition coefficient (Wildman–Crippen LogP) is 3.10. The molecule has 0 saturated carbocycles. The van der Waals surface area contributed by atoms with Gasteiger partial charge in [-0.25, -0.2) is 17.1 Å². The monoisotopic (exact) mass is 571 g/mol. The Morgan fingerprint density at radius 3 is 2.56 bits per heavy atom. The first kappa shape index (κ1) is 27.0. The topological polar surface area (TPSA) is 113 Å². The normalized spacial score (nSPS) is 18.5. The van der Waals surface area contributed by atoms with Crippen LogP contribution in [0.4, 0.5) is 4.39 Å². The molecule has 2 aromatic carbocycles. The Labute approximate surface area is 229 Å². The van der Waals surface area contributed by atoms with Gasteiger partial charge in [-0.15, -0.1) is 11.3 Å². The molecule has 39 heavy (non-hydrogen) atoms. The number of ether oxygens (including phenoxy) is 1. The number of carbonyl (C=O) groups excluding carboxylic acids is 3. The molecule has 2 aliphatic rings. The van der Waals surface area contributed by atoms with Crippen LogP contribution in [0.15, 0.2) is 70.9 Å². The molecule has 1 N–H and O–H groups in total. The van der Waals surface area contributed by atoms with Crippen LogP contribution in [0.3, 0.4) is 0 Å². The number of halogens is 1. The zero-order valence-corrected chi connectivity index (χ0v) is 22.4. The van der Waals surface area contributed by atoms with Crippen molar-refractivity contribution in [2.24, 2.45) is 0 Å². The van der Waals surface area contributed by atoms with Crippen molar-refractivity contribution in [2.75, 3.05) is 19.7 Å². The third-order valence-electron chi connectivity index (χ3n) is 6.68. The molecule has 5 rings (SSSR count). The standard InChI is InChI=1S/C27H26FN3O6S2/c28-19-11-9-18(10-12-19)16-30(24(32)17-31-27(34)21-6-1-2-8-23(21)39(31,35)36)25(22-7-4-14-38-22)26(33)29-15-20-5-3-13-37-20/h1-2,4,6-12,14,20,25H,3,5,13,15-17H2,(H,29,33)/t20-,25+/m0/s1. The molecule has 1 fully saturated rings. The minimum absolute atomic E-state index is 0.0144. The van der Waals surface area contributed by atoms with E-state index in [1.807, 2.05) is 0 Å². The molecule has 204 valence electrons. The Balaban J connectivity index is 1.47. The van der Waals surface area contributed by atoms with Gasteiger partial charge in [0, 0.05) is 24.6 Å². The summed E-state index contributed by atoms with van der Waals surface area (Å²) in [6, 6.07) is 13.5. The number of hydrogen-bond donors (Lipinski definition) is 1. The number of sulfonamides is 1. The van der Waals surface area contributed by atoms with E-state index < -0.39 is 46.1 Å². The number of carbonyl (C=O) groups is 3. The lowest BCUT2D eigenvalue weighted by Gasteiger charge is -2.32. The Kier molecular flexibility index (Phi) is 7.78. The summed E-state index contributed by atoms with van der Waals surface area (Å²) in [4.78, 5) is 42.0. The Bertz CT molecular complexity index is 1470. The average molecular weight is 572 g/mol. The summed E-state index contributed by atoms with van der Waals surface area (Å²) >= 11 is 1.26. The van der Waals surface area contributed by atoms with E-state index in [0.717, 1.165) is 12.8 Å². The van der Waals surface area contributed by atoms with Gasteiger partial charge in [0.1, 0.15) is 23.3 Å². The van der Waals surface area contributed by atoms with Crippen molar-refractivity contribution in [3.63, 3.8) is 0 Å². The number of fused-ring (bicyclic) bond motifs is 1. The second kappa shape index (κ2) is 11.2. The van der Waals surface area contributed by atoms with Gasteiger partial charge in [0.15, 0.2) is 0 Å². The van der Waals surface area contributed by atoms with Crippen LogP contribution in [-0.2, 0) is 30.9 Å². The van der Waals surface area contributed by atoms with Crippen molar-refractivity contribution in [3.05, 3.63) is 87.9 Å². The second-order valence-electron chi connectivity index (χ2n) is 9.26. The molecule has 0 unspecified atom stereocenters. The first-order chi connectivity index (χ1) is 18.8. The van der Waals surface area contributed by atoms with Gasteiger partial charge in [-0.05, 0) is 54.1 Å². The first-order valence-electron chi connectivity index (χ1n) is 12.4. The molecule has 3 amide bonds. The third-order valence-corrected chi connectivity index (χ3v) is 9.39. The lowest BCUT2D eigenvalue weighted by molar-refractivity contribution is -0.141. The molecule has 0 radical (unpaired) electrons. The van der Waals surface area contributed by atoms with Gasteiger partial charge in [-0.1, -0.05) is 30.3 Å². The van der Waals surface area contributed by atoms with Gasteiger partial charge in [0.25, 0.3) is 15.9 Å². The van der Waals surface area contributed by atoms with Crippen LogP contribution in [0, 0.1) is 5.82 Å². The van der Waals surface area contributed by atoms with E-state index in [2.05, 4.69) is 5.32 Å². The van der Waals surface area contributed by atoms with Crippen molar-refractivity contribution < 1.29 is 31.9 Å². The van der Waals surface area contributed by atoms with Gasteiger partial charge in [0.2, 0.25) is 11.8 Å². The minimum atomic E-state index is -4.25. The number of benzene rings is 2. The number of thiophene rings is 1. The molecular formula is C27H26FN3O6S2. The van der Waals surface area contributed by atoms with Crippen LogP contribution in [0.2, 0.25) is 0 Å². The van der Waals surface area contributed by atoms with E-state index in [0.29, 0.717) is 21.4 Å². The highest BCUT2D eigenvalue weighted by Crippen LogP contribution is 2.32. The van der Waals surface area contributed by atoms with E-state index in [1.165, 1.54) is 58.7 Å². The van der Waals surface area contributed by atoms with Crippen LogP contribution in [0.1, 0.15) is 39.7 Å². The summed E-state index contributed by atoms with van der Waals surface area (Å²) < 4.78 is 46.0. The van der Waals surface area contributed by atoms with Crippen molar-refractivity contribution in [3.8, 4) is 0 Å². The van der Waals surface area contributed by atoms with Gasteiger partial charge in [-0.2, -0.15) is 0 Å². The predicted molar refractivity (Wildman–Crippen MR) is 141 cm³/mol. The second-order valence-corrected chi connectivity index (χ2v) is 12.1. The molecule has 2 aliphatic heterocycles. The molecule has 1 aromatic heterocycles. The Morgan fingerprint density at radius 1 is 1.13 bits per heavy atom. The average Bonchev–Trinajstić information content (AvgIpc) is 3.68. The van der Waals surface area contributed by atoms with E-state index in [-0.39, 0.29) is 29.7 Å². The van der Waals surface area contributed by atoms with Gasteiger partial charge in [0.05, 0.1) is 11.7 Å². The van der Waals surface area contributed by atoms with Crippen molar-refractivity contribution in [1.29, 1.82) is 0 Å². The Morgan fingerprint density at radius 2 is 1.90 bits per heavy atom. The van der Waals surface area contributed by atoms with Crippen molar-refractivity contribution >= 4 is 39.1 Å². The third kappa shape index (κ3) is 5.58. The number of nitrogens with one attached hydrogen (secondary N) is 1. The Hall–Kier alpha value is -3.61. The van der Waals surface area contributed by atoms with E-state index in [1.54, 1.807) is 23.6 Å². The van der Waals surface area contributed by atoms with Gasteiger partial charge >= 0.3 is 0 Å². The maximum absolute atomic E-state index is 13.8. The molecule has 3 heterocycles. The van der Waals surface area contributed by atoms with Crippen LogP contribution in [-0.4, -0.2) is 61.1 Å². The summed E-state index contributed by atoms with van der Waals surface area (Å²) in [5.41, 5.74) is 0.511. The molecule has 0 spiro atoms. The molecule has 2 atom stereocenters. The van der Waals surface area contributed by atoms with E-state index in [9.17, 15) is 27.2 Å². The quantitative estimate of drug-likeness (QED) is 0.423. The summed E-state index contributed by atoms with van der Waals surface area (Å²) in [5, 5.41) is 4.63. The maximum Gasteiger partial charge on any atom is 0.269 e. The van der Waals surface area contributed by atoms with Crippen LogP contribution < -0.4 is 5.32 Å². The van der Waals surface area contributed by atoms with E-state index >= 15 is 0 Å². The zero-order valence-electron chi connectivity index (χ0n) is 20.8. The molecule has 0 bridgehead atoms. The number of nitrogens with zero attached hydrogens (tertiary/aromatic N) is 2. The maximum atomic E-state index is 13.8. The molecule has 0 aliphatic carbocycles. The molecular weight excluding hydrogens is 545 g/mol. The van der Waals surface area contributed by atoms with Crippen LogP contribution >= 0.6 is 11.3 Å². The highest BCUT2D eigenvalue weighted by Gasteiger charge is 2.43. The molecule has 3 aromatic rings. The highest BCUT2D eigenvalue weighted by molar-refractivity contribution is 7.90. The summed E-state index contributed by atoms with van der Waals surface area (Å²) in [6.07, 6.45) is 1.56. The lowest BCUT2D eigenvalue weighted by atomic mass is 10.1. The summed E-state index contributed by atoms with van der Waals surface area (Å²) in [7, 11) is -4.25. The van der Waals surface area contributed by atoms with Crippen molar-refractivity contribution in [2.45, 2.75) is 36.4 Å². The van der Waals surface area contributed by atoms with E-state index in [4.69, 9.17) is 4.74 Å². The SMILES string of the molecule is O=C(NC[C@@H]1CCCO1)[C@@H](c1cccs1)N(Cc1ccc(F)cc1)C(=O)CN1C(=O)c2ccccc2S1(=O)=O. The van der Waals surface area contributed by atoms with Crippen molar-refractivity contribution in [1.82, 2.24) is 14.5 Å². The smallest absolute Gasteiger partial charge is 0.269 e. The lowest BCUT2D eigenvalue weighted by Crippen LogP contribution is -2.48. The molecule has 1 saturated heterocycles. The number of rotatable bonds is 9. The van der Waals surface area contributed by atoms with Gasteiger partial charge in [-0.3, -0.25) is 14.4 Å². The largest absolute Gasteiger partial charge is 0.376 e. The minimum Gasteiger partial charge on any atom is -0.376 e. The van der Waals surface area contributed by atoms with Gasteiger partial charge < -0.3 is 15.0 Å². The van der Waals surface area contributed by atoms with Crippen LogP contribution in [0.5, 0.6) is 0 Å². The fourth-order valence-electron chi connectivity index (χ4n) is 4.70. The summed E-state index contributed by atoms with van der Waals surface area (Å²) in [5.74, 6) is -2.50. The highest BCUT2D eigenvalue weighted by atomic mass is 32.2. The first-order valence-corrected chi connectivity index (χ1v) is 14.7. The molecule has 12 heteroatoms. The zero-order chi connectivity index (χ0) is 27.6.